The molecule has 24 heavy (non-hydrogen) atoms. The number of nitrogens with zero attached hydrogens (tertiary/aromatic N) is 1. The fraction of sp³-hybridized carbons (Fsp3) is 0.400. The minimum absolute atomic E-state index is 0.0233. The van der Waals surface area contributed by atoms with E-state index in [9.17, 15) is 8.42 Å². The second-order valence-electron chi connectivity index (χ2n) is 6.88. The fourth-order valence-corrected chi connectivity index (χ4v) is 5.13. The smallest absolute Gasteiger partial charge is 0.207 e. The van der Waals surface area contributed by atoms with E-state index >= 15 is 0 Å². The third kappa shape index (κ3) is 3.55. The van der Waals surface area contributed by atoms with Gasteiger partial charge in [-0.1, -0.05) is 42.5 Å². The van der Waals surface area contributed by atoms with Crippen LogP contribution in [-0.4, -0.2) is 18.8 Å². The lowest BCUT2D eigenvalue weighted by atomic mass is 10.2. The van der Waals surface area contributed by atoms with E-state index in [0.29, 0.717) is 17.4 Å². The van der Waals surface area contributed by atoms with Gasteiger partial charge < -0.3 is 0 Å². The third-order valence-corrected chi connectivity index (χ3v) is 6.94. The van der Waals surface area contributed by atoms with Crippen LogP contribution in [0.5, 0.6) is 0 Å². The monoisotopic (exact) mass is 343 g/mol. The molecule has 0 aromatic heterocycles. The molecule has 2 aromatic carbocycles. The molecule has 0 heterocycles. The van der Waals surface area contributed by atoms with E-state index < -0.39 is 10.0 Å². The molecule has 0 bridgehead atoms. The SMILES string of the molecule is Cc1ccc(C)c(S(=O)(=O)N(Cc2ccccc2)[C@@H](C)C2CC2)c1. The predicted octanol–water partition coefficient (Wildman–Crippen LogP) is 4.29. The average molecular weight is 343 g/mol. The van der Waals surface area contributed by atoms with Crippen LogP contribution < -0.4 is 0 Å². The third-order valence-electron chi connectivity index (χ3n) is 4.87. The number of sulfonamides is 1. The summed E-state index contributed by atoms with van der Waals surface area (Å²) < 4.78 is 28.5. The number of rotatable bonds is 6. The van der Waals surface area contributed by atoms with Crippen molar-refractivity contribution in [3.8, 4) is 0 Å². The van der Waals surface area contributed by atoms with Crippen molar-refractivity contribution in [2.24, 2.45) is 5.92 Å². The van der Waals surface area contributed by atoms with Gasteiger partial charge in [0.2, 0.25) is 10.0 Å². The lowest BCUT2D eigenvalue weighted by Crippen LogP contribution is -2.39. The van der Waals surface area contributed by atoms with Crippen molar-refractivity contribution in [2.75, 3.05) is 0 Å². The topological polar surface area (TPSA) is 37.4 Å². The van der Waals surface area contributed by atoms with Gasteiger partial charge in [-0.25, -0.2) is 8.42 Å². The molecule has 0 spiro atoms. The van der Waals surface area contributed by atoms with E-state index in [-0.39, 0.29) is 6.04 Å². The zero-order valence-electron chi connectivity index (χ0n) is 14.6. The largest absolute Gasteiger partial charge is 0.243 e. The van der Waals surface area contributed by atoms with Crippen LogP contribution >= 0.6 is 0 Å². The van der Waals surface area contributed by atoms with Gasteiger partial charge >= 0.3 is 0 Å². The van der Waals surface area contributed by atoms with E-state index in [2.05, 4.69) is 0 Å². The summed E-state index contributed by atoms with van der Waals surface area (Å²) in [6, 6.07) is 15.5. The molecule has 4 heteroatoms. The molecule has 0 N–H and O–H groups in total. The summed E-state index contributed by atoms with van der Waals surface area (Å²) in [4.78, 5) is 0.436. The van der Waals surface area contributed by atoms with E-state index in [1.807, 2.05) is 63.2 Å². The normalized spacial score (nSPS) is 16.3. The average Bonchev–Trinajstić information content (AvgIpc) is 3.40. The number of hydrogen-bond acceptors (Lipinski definition) is 2. The maximum absolute atomic E-state index is 13.4. The van der Waals surface area contributed by atoms with Crippen LogP contribution in [-0.2, 0) is 16.6 Å². The first-order valence-electron chi connectivity index (χ1n) is 8.52. The summed E-state index contributed by atoms with van der Waals surface area (Å²) in [7, 11) is -3.52. The first kappa shape index (κ1) is 17.2. The second-order valence-corrected chi connectivity index (χ2v) is 8.74. The summed E-state index contributed by atoms with van der Waals surface area (Å²) in [6.07, 6.45) is 2.24. The zero-order valence-corrected chi connectivity index (χ0v) is 15.4. The van der Waals surface area contributed by atoms with Crippen molar-refractivity contribution < 1.29 is 8.42 Å². The molecule has 0 amide bonds. The highest BCUT2D eigenvalue weighted by molar-refractivity contribution is 7.89. The van der Waals surface area contributed by atoms with Gasteiger partial charge in [-0.15, -0.1) is 0 Å². The van der Waals surface area contributed by atoms with Gasteiger partial charge in [0, 0.05) is 12.6 Å². The van der Waals surface area contributed by atoms with E-state index in [1.165, 1.54) is 0 Å². The molecule has 0 radical (unpaired) electrons. The maximum atomic E-state index is 13.4. The highest BCUT2D eigenvalue weighted by Crippen LogP contribution is 2.38. The summed E-state index contributed by atoms with van der Waals surface area (Å²) in [5.74, 6) is 0.480. The second kappa shape index (κ2) is 6.69. The van der Waals surface area contributed by atoms with Gasteiger partial charge in [-0.2, -0.15) is 4.31 Å². The summed E-state index contributed by atoms with van der Waals surface area (Å²) in [5.41, 5.74) is 2.80. The van der Waals surface area contributed by atoms with Gasteiger partial charge in [0.15, 0.2) is 0 Å². The van der Waals surface area contributed by atoms with Crippen molar-refractivity contribution in [2.45, 2.75) is 51.1 Å². The number of benzene rings is 2. The van der Waals surface area contributed by atoms with Crippen LogP contribution in [0.4, 0.5) is 0 Å². The van der Waals surface area contributed by atoms with E-state index in [1.54, 1.807) is 10.4 Å². The van der Waals surface area contributed by atoms with Crippen LogP contribution in [0.15, 0.2) is 53.4 Å². The van der Waals surface area contributed by atoms with Crippen LogP contribution in [0.2, 0.25) is 0 Å². The van der Waals surface area contributed by atoms with Crippen LogP contribution in [0.25, 0.3) is 0 Å². The Labute approximate surface area is 145 Å². The Kier molecular flexibility index (Phi) is 4.79. The molecule has 2 aromatic rings. The molecule has 1 fully saturated rings. The molecule has 1 atom stereocenters. The molecular formula is C20H25NO2S. The summed E-state index contributed by atoms with van der Waals surface area (Å²) in [6.45, 7) is 6.27. The molecule has 0 unspecified atom stereocenters. The van der Waals surface area contributed by atoms with Crippen LogP contribution in [0.3, 0.4) is 0 Å². The first-order chi connectivity index (χ1) is 11.4. The van der Waals surface area contributed by atoms with Crippen LogP contribution in [0, 0.1) is 19.8 Å². The van der Waals surface area contributed by atoms with Crippen LogP contribution in [0.1, 0.15) is 36.5 Å². The van der Waals surface area contributed by atoms with Gasteiger partial charge in [0.05, 0.1) is 4.90 Å². The minimum atomic E-state index is -3.52. The van der Waals surface area contributed by atoms with Gasteiger partial charge in [0.1, 0.15) is 0 Å². The van der Waals surface area contributed by atoms with E-state index in [0.717, 1.165) is 29.5 Å². The van der Waals surface area contributed by atoms with Gasteiger partial charge in [-0.05, 0) is 62.3 Å². The van der Waals surface area contributed by atoms with Crippen molar-refractivity contribution in [3.05, 3.63) is 65.2 Å². The molecule has 0 saturated heterocycles. The highest BCUT2D eigenvalue weighted by Gasteiger charge is 2.38. The van der Waals surface area contributed by atoms with Gasteiger partial charge in [0.25, 0.3) is 0 Å². The number of hydrogen-bond donors (Lipinski definition) is 0. The minimum Gasteiger partial charge on any atom is -0.207 e. The Morgan fingerprint density at radius 1 is 1.08 bits per heavy atom. The lowest BCUT2D eigenvalue weighted by molar-refractivity contribution is 0.303. The summed E-state index contributed by atoms with van der Waals surface area (Å²) >= 11 is 0. The molecule has 3 nitrogen and oxygen atoms in total. The molecule has 3 rings (SSSR count). The fourth-order valence-electron chi connectivity index (χ4n) is 3.14. The standard InChI is InChI=1S/C20H25NO2S/c1-15-9-10-16(2)20(13-15)24(22,23)21(17(3)19-11-12-19)14-18-7-5-4-6-8-18/h4-10,13,17,19H,11-12,14H2,1-3H3/t17-/m0/s1. The maximum Gasteiger partial charge on any atom is 0.243 e. The number of aryl methyl sites for hydroxylation is 2. The Bertz CT molecular complexity index is 811. The molecular weight excluding hydrogens is 318 g/mol. The Hall–Kier alpha value is -1.65. The molecule has 1 aliphatic carbocycles. The Morgan fingerprint density at radius 3 is 2.38 bits per heavy atom. The van der Waals surface area contributed by atoms with Crippen molar-refractivity contribution in [1.82, 2.24) is 4.31 Å². The zero-order chi connectivity index (χ0) is 17.3. The summed E-state index contributed by atoms with van der Waals surface area (Å²) in [5, 5.41) is 0. The first-order valence-corrected chi connectivity index (χ1v) is 9.96. The van der Waals surface area contributed by atoms with Crippen molar-refractivity contribution >= 4 is 10.0 Å². The van der Waals surface area contributed by atoms with Gasteiger partial charge in [-0.3, -0.25) is 0 Å². The predicted molar refractivity (Wildman–Crippen MR) is 97.3 cm³/mol. The Morgan fingerprint density at radius 2 is 1.75 bits per heavy atom. The van der Waals surface area contributed by atoms with Crippen molar-refractivity contribution in [3.63, 3.8) is 0 Å². The molecule has 0 aliphatic heterocycles. The highest BCUT2D eigenvalue weighted by atomic mass is 32.2. The molecule has 1 saturated carbocycles. The van der Waals surface area contributed by atoms with Crippen molar-refractivity contribution in [1.29, 1.82) is 0 Å². The molecule has 1 aliphatic rings. The molecule has 128 valence electrons. The lowest BCUT2D eigenvalue weighted by Gasteiger charge is -2.29. The van der Waals surface area contributed by atoms with E-state index in [4.69, 9.17) is 0 Å². The Balaban J connectivity index is 2.01. The quantitative estimate of drug-likeness (QED) is 0.784.